The van der Waals surface area contributed by atoms with Gasteiger partial charge >= 0.3 is 0 Å². The van der Waals surface area contributed by atoms with E-state index < -0.39 is 10.4 Å². The van der Waals surface area contributed by atoms with Gasteiger partial charge in [0.05, 0.1) is 42.3 Å². The van der Waals surface area contributed by atoms with Gasteiger partial charge in [-0.3, -0.25) is 0 Å². The van der Waals surface area contributed by atoms with Crippen molar-refractivity contribution in [3.05, 3.63) is 155 Å². The molecule has 5 nitrogen and oxygen atoms in total. The molecule has 6 rings (SSSR count). The number of aromatic nitrogens is 2. The molecule has 0 fully saturated rings. The van der Waals surface area contributed by atoms with E-state index >= 15 is 0 Å². The molecular formula is C42H44N2O3Si2. The minimum atomic E-state index is -0.639. The van der Waals surface area contributed by atoms with Gasteiger partial charge in [0.1, 0.15) is 11.5 Å². The van der Waals surface area contributed by atoms with Crippen molar-refractivity contribution in [3.63, 3.8) is 0 Å². The SMILES string of the molecule is Cc1cccc(-c2ccc(C(C)([SiH3])OC(C)([SiH3])c3ccc(-c4cccc(C)c4C)c(Oc4ccccc4)n3)nc2Oc2ccccc2)c1C. The van der Waals surface area contributed by atoms with Crippen LogP contribution in [0.1, 0.15) is 47.5 Å². The number of rotatable bonds is 10. The summed E-state index contributed by atoms with van der Waals surface area (Å²) in [6.07, 6.45) is 0. The summed E-state index contributed by atoms with van der Waals surface area (Å²) in [5.41, 5.74) is 10.6. The first-order valence-electron chi connectivity index (χ1n) is 16.7. The second-order valence-corrected chi connectivity index (χ2v) is 17.4. The van der Waals surface area contributed by atoms with Crippen molar-refractivity contribution in [2.75, 3.05) is 0 Å². The van der Waals surface area contributed by atoms with E-state index in [4.69, 9.17) is 24.2 Å². The normalized spacial score (nSPS) is 13.8. The van der Waals surface area contributed by atoms with Gasteiger partial charge in [-0.05, 0) is 123 Å². The van der Waals surface area contributed by atoms with Gasteiger partial charge in [-0.15, -0.1) is 0 Å². The molecule has 2 aromatic heterocycles. The largest absolute Gasteiger partial charge is 0.438 e. The molecule has 0 spiro atoms. The first kappa shape index (κ1) is 34.1. The van der Waals surface area contributed by atoms with Crippen molar-refractivity contribution >= 4 is 20.5 Å². The monoisotopic (exact) mass is 680 g/mol. The number of ether oxygens (including phenoxy) is 3. The zero-order valence-electron chi connectivity index (χ0n) is 29.7. The summed E-state index contributed by atoms with van der Waals surface area (Å²) in [6.45, 7) is 12.8. The molecule has 4 aromatic carbocycles. The summed E-state index contributed by atoms with van der Waals surface area (Å²) in [4.78, 5) is 10.3. The minimum Gasteiger partial charge on any atom is -0.438 e. The number of nitrogens with zero attached hydrogens (tertiary/aromatic N) is 2. The molecule has 2 unspecified atom stereocenters. The number of pyridine rings is 2. The molecule has 0 aliphatic carbocycles. The van der Waals surface area contributed by atoms with Crippen molar-refractivity contribution in [3.8, 4) is 45.5 Å². The first-order chi connectivity index (χ1) is 23.4. The summed E-state index contributed by atoms with van der Waals surface area (Å²) in [5, 5.41) is -1.28. The Morgan fingerprint density at radius 2 is 0.837 bits per heavy atom. The van der Waals surface area contributed by atoms with Crippen LogP contribution in [0.15, 0.2) is 121 Å². The van der Waals surface area contributed by atoms with Gasteiger partial charge in [-0.1, -0.05) is 72.8 Å². The predicted molar refractivity (Wildman–Crippen MR) is 207 cm³/mol. The average molecular weight is 681 g/mol. The van der Waals surface area contributed by atoms with E-state index in [1.807, 2.05) is 60.7 Å². The van der Waals surface area contributed by atoms with Crippen molar-refractivity contribution in [1.29, 1.82) is 0 Å². The van der Waals surface area contributed by atoms with Gasteiger partial charge < -0.3 is 14.2 Å². The molecule has 248 valence electrons. The van der Waals surface area contributed by atoms with E-state index in [-0.39, 0.29) is 0 Å². The Morgan fingerprint density at radius 3 is 1.22 bits per heavy atom. The van der Waals surface area contributed by atoms with Crippen LogP contribution in [0.25, 0.3) is 22.3 Å². The molecule has 0 saturated heterocycles. The fourth-order valence-corrected chi connectivity index (χ4v) is 8.13. The Balaban J connectivity index is 1.38. The van der Waals surface area contributed by atoms with Crippen molar-refractivity contribution in [2.24, 2.45) is 0 Å². The van der Waals surface area contributed by atoms with Crippen LogP contribution in [-0.4, -0.2) is 30.5 Å². The molecule has 2 atom stereocenters. The minimum absolute atomic E-state index is 0.563. The number of para-hydroxylation sites is 2. The van der Waals surface area contributed by atoms with E-state index in [0.29, 0.717) is 32.2 Å². The van der Waals surface area contributed by atoms with Crippen LogP contribution in [-0.2, 0) is 15.2 Å². The summed E-state index contributed by atoms with van der Waals surface area (Å²) >= 11 is 0. The predicted octanol–water partition coefficient (Wildman–Crippen LogP) is 8.42. The van der Waals surface area contributed by atoms with E-state index in [2.05, 4.69) is 102 Å². The summed E-state index contributed by atoms with van der Waals surface area (Å²) < 4.78 is 20.0. The lowest BCUT2D eigenvalue weighted by molar-refractivity contribution is -0.0600. The molecule has 0 aliphatic rings. The van der Waals surface area contributed by atoms with Crippen LogP contribution < -0.4 is 9.47 Å². The fraction of sp³-hybridized carbons (Fsp3) is 0.190. The molecule has 0 saturated carbocycles. The van der Waals surface area contributed by atoms with E-state index in [1.165, 1.54) is 22.3 Å². The molecule has 2 heterocycles. The van der Waals surface area contributed by atoms with Crippen molar-refractivity contribution < 1.29 is 14.2 Å². The lowest BCUT2D eigenvalue weighted by Gasteiger charge is -2.36. The highest BCUT2D eigenvalue weighted by Crippen LogP contribution is 2.40. The van der Waals surface area contributed by atoms with Gasteiger partial charge in [0.2, 0.25) is 11.8 Å². The zero-order valence-corrected chi connectivity index (χ0v) is 33.7. The van der Waals surface area contributed by atoms with Gasteiger partial charge in [0.15, 0.2) is 0 Å². The third kappa shape index (κ3) is 7.44. The molecule has 0 aliphatic heterocycles. The number of benzene rings is 4. The van der Waals surface area contributed by atoms with Crippen LogP contribution in [0.2, 0.25) is 0 Å². The molecule has 0 radical (unpaired) electrons. The maximum absolute atomic E-state index is 7.07. The number of hydrogen-bond donors (Lipinski definition) is 0. The lowest BCUT2D eigenvalue weighted by atomic mass is 9.97. The summed E-state index contributed by atoms with van der Waals surface area (Å²) in [5.74, 6) is 2.60. The Bertz CT molecular complexity index is 1950. The third-order valence-electron chi connectivity index (χ3n) is 9.17. The Hall–Kier alpha value is -4.83. The van der Waals surface area contributed by atoms with E-state index in [9.17, 15) is 0 Å². The average Bonchev–Trinajstić information content (AvgIpc) is 3.08. The second-order valence-electron chi connectivity index (χ2n) is 13.5. The number of hydrogen-bond acceptors (Lipinski definition) is 5. The molecule has 0 N–H and O–H groups in total. The highest BCUT2D eigenvalue weighted by molar-refractivity contribution is 6.17. The quantitative estimate of drug-likeness (QED) is 0.136. The van der Waals surface area contributed by atoms with Gasteiger partial charge in [-0.25, -0.2) is 9.97 Å². The van der Waals surface area contributed by atoms with Crippen molar-refractivity contribution in [2.45, 2.75) is 52.0 Å². The number of aryl methyl sites for hydroxylation is 2. The fourth-order valence-electron chi connectivity index (χ4n) is 6.15. The summed E-state index contributed by atoms with van der Waals surface area (Å²) in [6, 6.07) is 40.8. The first-order valence-corrected chi connectivity index (χ1v) is 18.7. The van der Waals surface area contributed by atoms with Crippen LogP contribution >= 0.6 is 0 Å². The Kier molecular flexibility index (Phi) is 9.70. The Labute approximate surface area is 296 Å². The molecule has 49 heavy (non-hydrogen) atoms. The van der Waals surface area contributed by atoms with E-state index in [0.717, 1.165) is 45.1 Å². The topological polar surface area (TPSA) is 53.5 Å². The molecule has 0 amide bonds. The summed E-state index contributed by atoms with van der Waals surface area (Å²) in [7, 11) is 1.36. The smallest absolute Gasteiger partial charge is 0.227 e. The molecule has 0 bridgehead atoms. The van der Waals surface area contributed by atoms with Crippen LogP contribution in [0, 0.1) is 27.7 Å². The third-order valence-corrected chi connectivity index (χ3v) is 10.6. The highest BCUT2D eigenvalue weighted by Gasteiger charge is 2.35. The standard InChI is InChI=1S/C42H44N2O3Si2/c1-27-15-13-21-33(29(27)3)35-23-25-37(43-39(35)45-31-17-9-7-10-18-31)41(5,48)47-42(6,49)38-26-24-36(34-22-14-16-28(2)30(34)4)40(44-38)46-32-19-11-8-12-20-32/h7-26H,1-6,48-49H3. The Morgan fingerprint density at radius 1 is 0.449 bits per heavy atom. The van der Waals surface area contributed by atoms with Crippen LogP contribution in [0.5, 0.6) is 23.3 Å². The molecular weight excluding hydrogens is 637 g/mol. The van der Waals surface area contributed by atoms with Gasteiger partial charge in [0.25, 0.3) is 0 Å². The highest BCUT2D eigenvalue weighted by atomic mass is 28.2. The van der Waals surface area contributed by atoms with Crippen molar-refractivity contribution in [1.82, 2.24) is 9.97 Å². The molecule has 6 aromatic rings. The lowest BCUT2D eigenvalue weighted by Crippen LogP contribution is -2.39. The maximum atomic E-state index is 7.07. The van der Waals surface area contributed by atoms with Gasteiger partial charge in [0, 0.05) is 11.1 Å². The van der Waals surface area contributed by atoms with Crippen LogP contribution in [0.4, 0.5) is 0 Å². The zero-order chi connectivity index (χ0) is 34.8. The molecule has 7 heteroatoms. The maximum Gasteiger partial charge on any atom is 0.227 e. The second kappa shape index (κ2) is 14.0. The van der Waals surface area contributed by atoms with E-state index in [1.54, 1.807) is 0 Å². The van der Waals surface area contributed by atoms with Gasteiger partial charge in [-0.2, -0.15) is 0 Å². The van der Waals surface area contributed by atoms with Crippen LogP contribution in [0.3, 0.4) is 0 Å².